The molecule has 1 unspecified atom stereocenters. The van der Waals surface area contributed by atoms with Gasteiger partial charge in [-0.1, -0.05) is 177 Å². The molecule has 10 aromatic carbocycles. The molecule has 0 aliphatic heterocycles. The van der Waals surface area contributed by atoms with Gasteiger partial charge in [-0.2, -0.15) is 0 Å². The highest BCUT2D eigenvalue weighted by Gasteiger charge is 2.38. The first-order valence-electron chi connectivity index (χ1n) is 29.1. The molecule has 1 atom stereocenters. The van der Waals surface area contributed by atoms with Crippen LogP contribution in [0.1, 0.15) is 128 Å². The molecule has 0 aromatic heterocycles. The van der Waals surface area contributed by atoms with E-state index in [1.165, 1.54) is 104 Å². The Morgan fingerprint density at radius 3 is 1.24 bits per heavy atom. The molecule has 410 valence electrons. The molecule has 0 saturated heterocycles. The van der Waals surface area contributed by atoms with E-state index in [2.05, 4.69) is 281 Å². The molecule has 0 N–H and O–H groups in total. The zero-order chi connectivity index (χ0) is 56.4. The van der Waals surface area contributed by atoms with Crippen LogP contribution >= 0.6 is 74.9 Å². The Kier molecular flexibility index (Phi) is 17.2. The predicted molar refractivity (Wildman–Crippen MR) is 364 cm³/mol. The molecule has 2 aliphatic rings. The number of hydrogen-bond donors (Lipinski definition) is 5. The van der Waals surface area contributed by atoms with Crippen LogP contribution in [0.3, 0.4) is 0 Å². The lowest BCUT2D eigenvalue weighted by Crippen LogP contribution is -2.28. The summed E-state index contributed by atoms with van der Waals surface area (Å²) in [4.78, 5) is 6.16. The van der Waals surface area contributed by atoms with Crippen molar-refractivity contribution in [3.63, 3.8) is 0 Å². The summed E-state index contributed by atoms with van der Waals surface area (Å²) in [6, 6.07) is 85.5. The highest BCUT2D eigenvalue weighted by Crippen LogP contribution is 2.51. The molecule has 12 rings (SSSR count). The summed E-state index contributed by atoms with van der Waals surface area (Å²) in [6.07, 6.45) is 11.1. The van der Waals surface area contributed by atoms with Crippen molar-refractivity contribution in [2.24, 2.45) is 0 Å². The van der Waals surface area contributed by atoms with Gasteiger partial charge >= 0.3 is 0 Å². The topological polar surface area (TPSA) is 0 Å². The second-order valence-corrected chi connectivity index (χ2v) is 27.0. The van der Waals surface area contributed by atoms with E-state index in [1.54, 1.807) is 0 Å². The summed E-state index contributed by atoms with van der Waals surface area (Å²) in [6.45, 7) is 4.85. The van der Waals surface area contributed by atoms with E-state index in [0.29, 0.717) is 17.1 Å². The Morgan fingerprint density at radius 2 is 0.744 bits per heavy atom. The molecule has 0 spiro atoms. The lowest BCUT2D eigenvalue weighted by molar-refractivity contribution is 0.443. The summed E-state index contributed by atoms with van der Waals surface area (Å²) in [5, 5.41) is 0.466. The molecular weight excluding hydrogens is 1110 g/mol. The third kappa shape index (κ3) is 11.8. The van der Waals surface area contributed by atoms with Crippen molar-refractivity contribution in [2.75, 3.05) is 0 Å². The van der Waals surface area contributed by atoms with Gasteiger partial charge in [0.1, 0.15) is 0 Å². The highest BCUT2D eigenvalue weighted by molar-refractivity contribution is 8.00. The second kappa shape index (κ2) is 24.9. The summed E-state index contributed by atoms with van der Waals surface area (Å²) in [5.41, 5.74) is 18.7. The standard InChI is InChI=1S/C76H70S6/c1-75(62-34-43-71(79)67(48-62)56-14-8-4-9-15-56,63-35-44-72(80)68(49-63)57-16-10-5-11-17-57)60-30-18-52(19-31-60)53-26-40-66(41-27-53)82-74-45-29-59(55-24-38-65(78)39-25-55)47-70(74)76(2,61-32-20-51(21-33-61)50-12-6-3-7-13-50)69-46-58(28-42-73(69)81)54-22-36-64(77)37-23-54/h4-5,8-11,14-25,28-39,42-50,53,66,77-81H,3,6-7,12-13,26-27,40-41H2,1-2H3. The molecule has 0 amide bonds. The first-order chi connectivity index (χ1) is 39.9. The van der Waals surface area contributed by atoms with Crippen LogP contribution in [-0.2, 0) is 10.8 Å². The lowest BCUT2D eigenvalue weighted by Gasteiger charge is -2.37. The Labute approximate surface area is 519 Å². The fourth-order valence-electron chi connectivity index (χ4n) is 13.3. The van der Waals surface area contributed by atoms with Crippen molar-refractivity contribution in [3.8, 4) is 44.5 Å². The smallest absolute Gasteiger partial charge is 0.0445 e. The van der Waals surface area contributed by atoms with Gasteiger partial charge in [0, 0.05) is 45.5 Å². The van der Waals surface area contributed by atoms with Gasteiger partial charge in [-0.3, -0.25) is 0 Å². The van der Waals surface area contributed by atoms with Gasteiger partial charge in [0.05, 0.1) is 0 Å². The Morgan fingerprint density at radius 1 is 0.329 bits per heavy atom. The average Bonchev–Trinajstić information content (AvgIpc) is 2.89. The molecule has 0 bridgehead atoms. The summed E-state index contributed by atoms with van der Waals surface area (Å²) in [5.74, 6) is 1.11. The van der Waals surface area contributed by atoms with Gasteiger partial charge in [-0.05, 0) is 226 Å². The van der Waals surface area contributed by atoms with Gasteiger partial charge in [-0.15, -0.1) is 74.9 Å². The third-order valence-corrected chi connectivity index (χ3v) is 21.4. The Hall–Kier alpha value is -5.70. The molecule has 2 saturated carbocycles. The number of rotatable bonds is 14. The van der Waals surface area contributed by atoms with E-state index in [0.717, 1.165) is 72.4 Å². The fraction of sp³-hybridized carbons (Fsp3) is 0.211. The van der Waals surface area contributed by atoms with Crippen LogP contribution in [0, 0.1) is 0 Å². The minimum absolute atomic E-state index is 0.466. The zero-order valence-corrected chi connectivity index (χ0v) is 52.0. The predicted octanol–water partition coefficient (Wildman–Crippen LogP) is 22.4. The quantitative estimate of drug-likeness (QED) is 0.0534. The third-order valence-electron chi connectivity index (χ3n) is 18.3. The SMILES string of the molecule is CC(c1ccc(C2CCC(Sc3ccc(-c4ccc(S)cc4)cc3C(C)(c3ccc(C4CCCCC4)cc3)c3cc(-c4ccc(S)cc4)ccc3S)CC2)cc1)(c1ccc(S)c(-c2ccccc2)c1)c1ccc(S)c(-c2ccccc2)c1. The highest BCUT2D eigenvalue weighted by atomic mass is 32.2. The maximum absolute atomic E-state index is 5.36. The number of benzene rings is 10. The Balaban J connectivity index is 0.878. The van der Waals surface area contributed by atoms with Crippen LogP contribution in [0.5, 0.6) is 0 Å². The monoisotopic (exact) mass is 1170 g/mol. The van der Waals surface area contributed by atoms with E-state index < -0.39 is 10.8 Å². The number of hydrogen-bond acceptors (Lipinski definition) is 6. The van der Waals surface area contributed by atoms with Crippen molar-refractivity contribution >= 4 is 74.9 Å². The van der Waals surface area contributed by atoms with E-state index in [4.69, 9.17) is 37.9 Å². The van der Waals surface area contributed by atoms with Gasteiger partial charge in [-0.25, -0.2) is 0 Å². The molecule has 82 heavy (non-hydrogen) atoms. The number of thiol groups is 5. The van der Waals surface area contributed by atoms with Crippen molar-refractivity contribution < 1.29 is 0 Å². The largest absolute Gasteiger partial charge is 0.143 e. The first kappa shape index (κ1) is 56.8. The van der Waals surface area contributed by atoms with Crippen LogP contribution in [-0.4, -0.2) is 5.25 Å². The second-order valence-electron chi connectivity index (χ2n) is 23.2. The van der Waals surface area contributed by atoms with Gasteiger partial charge in [0.25, 0.3) is 0 Å². The summed E-state index contributed by atoms with van der Waals surface area (Å²) >= 11 is 26.8. The maximum atomic E-state index is 5.36. The van der Waals surface area contributed by atoms with Gasteiger partial charge < -0.3 is 0 Å². The number of thioether (sulfide) groups is 1. The molecule has 0 heterocycles. The van der Waals surface area contributed by atoms with Crippen LogP contribution in [0.15, 0.2) is 260 Å². The molecule has 2 fully saturated rings. The molecular formula is C76H70S6. The zero-order valence-electron chi connectivity index (χ0n) is 46.7. The minimum atomic E-state index is -0.549. The summed E-state index contributed by atoms with van der Waals surface area (Å²) in [7, 11) is 0. The van der Waals surface area contributed by atoms with Gasteiger partial charge in [0.15, 0.2) is 0 Å². The van der Waals surface area contributed by atoms with Crippen molar-refractivity contribution in [2.45, 2.75) is 129 Å². The molecule has 10 aromatic rings. The van der Waals surface area contributed by atoms with E-state index in [9.17, 15) is 0 Å². The van der Waals surface area contributed by atoms with E-state index in [-0.39, 0.29) is 0 Å². The van der Waals surface area contributed by atoms with Crippen LogP contribution in [0.25, 0.3) is 44.5 Å². The molecule has 0 radical (unpaired) electrons. The van der Waals surface area contributed by atoms with Crippen LogP contribution in [0.2, 0.25) is 0 Å². The van der Waals surface area contributed by atoms with Crippen molar-refractivity contribution in [1.82, 2.24) is 0 Å². The maximum Gasteiger partial charge on any atom is 0.0445 e. The lowest BCUT2D eigenvalue weighted by atomic mass is 9.69. The van der Waals surface area contributed by atoms with E-state index >= 15 is 0 Å². The molecule has 6 heteroatoms. The normalized spacial score (nSPS) is 16.6. The van der Waals surface area contributed by atoms with Crippen LogP contribution in [0.4, 0.5) is 0 Å². The summed E-state index contributed by atoms with van der Waals surface area (Å²) < 4.78 is 0. The van der Waals surface area contributed by atoms with Crippen molar-refractivity contribution in [3.05, 3.63) is 275 Å². The van der Waals surface area contributed by atoms with E-state index in [1.807, 2.05) is 0 Å². The molecule has 2 aliphatic carbocycles. The van der Waals surface area contributed by atoms with Crippen LogP contribution < -0.4 is 0 Å². The molecule has 0 nitrogen and oxygen atoms in total. The van der Waals surface area contributed by atoms with Gasteiger partial charge in [0.2, 0.25) is 0 Å². The van der Waals surface area contributed by atoms with Crippen molar-refractivity contribution in [1.29, 1.82) is 0 Å². The minimum Gasteiger partial charge on any atom is -0.143 e. The fourth-order valence-corrected chi connectivity index (χ4v) is 15.9. The first-order valence-corrected chi connectivity index (χ1v) is 32.3. The Bertz CT molecular complexity index is 3730. The average molecular weight is 1180 g/mol.